The van der Waals surface area contributed by atoms with E-state index >= 15 is 0 Å². The van der Waals surface area contributed by atoms with Crippen molar-refractivity contribution in [2.45, 2.75) is 78.9 Å². The normalized spacial score (nSPS) is 19.9. The van der Waals surface area contributed by atoms with E-state index in [2.05, 4.69) is 26.1 Å². The first-order chi connectivity index (χ1) is 9.58. The SMILES string of the molecule is CC(C)(C)CCNCCC1CCCN1C(=O)OC(C)(C)C. The third kappa shape index (κ3) is 7.70. The van der Waals surface area contributed by atoms with Crippen LogP contribution >= 0.6 is 0 Å². The van der Waals surface area contributed by atoms with Gasteiger partial charge in [0.2, 0.25) is 0 Å². The highest BCUT2D eigenvalue weighted by atomic mass is 16.6. The Bertz CT molecular complexity index is 329. The molecule has 0 aromatic heterocycles. The molecule has 1 aliphatic heterocycles. The van der Waals surface area contributed by atoms with E-state index in [1.165, 1.54) is 6.42 Å². The van der Waals surface area contributed by atoms with Gasteiger partial charge in [0.25, 0.3) is 0 Å². The fourth-order valence-corrected chi connectivity index (χ4v) is 2.55. The topological polar surface area (TPSA) is 41.6 Å². The second-order valence-electron chi connectivity index (χ2n) is 8.32. The summed E-state index contributed by atoms with van der Waals surface area (Å²) in [6.07, 6.45) is 4.22. The van der Waals surface area contributed by atoms with Crippen molar-refractivity contribution in [3.63, 3.8) is 0 Å². The second kappa shape index (κ2) is 7.48. The highest BCUT2D eigenvalue weighted by Gasteiger charge is 2.31. The number of carbonyl (C=O) groups is 1. The highest BCUT2D eigenvalue weighted by molar-refractivity contribution is 5.68. The second-order valence-corrected chi connectivity index (χ2v) is 8.32. The van der Waals surface area contributed by atoms with Crippen molar-refractivity contribution in [2.24, 2.45) is 5.41 Å². The number of hydrogen-bond acceptors (Lipinski definition) is 3. The summed E-state index contributed by atoms with van der Waals surface area (Å²) in [6.45, 7) is 15.4. The lowest BCUT2D eigenvalue weighted by atomic mass is 9.92. The van der Waals surface area contributed by atoms with Gasteiger partial charge in [0, 0.05) is 12.6 Å². The minimum atomic E-state index is -0.408. The van der Waals surface area contributed by atoms with Crippen molar-refractivity contribution in [3.05, 3.63) is 0 Å². The van der Waals surface area contributed by atoms with Crippen LogP contribution in [0.25, 0.3) is 0 Å². The van der Waals surface area contributed by atoms with Gasteiger partial charge in [-0.05, 0) is 65.0 Å². The van der Waals surface area contributed by atoms with Crippen molar-refractivity contribution < 1.29 is 9.53 Å². The largest absolute Gasteiger partial charge is 0.444 e. The van der Waals surface area contributed by atoms with Crippen molar-refractivity contribution in [2.75, 3.05) is 19.6 Å². The lowest BCUT2D eigenvalue weighted by Gasteiger charge is -2.28. The van der Waals surface area contributed by atoms with Gasteiger partial charge in [-0.25, -0.2) is 4.79 Å². The Hall–Kier alpha value is -0.770. The van der Waals surface area contributed by atoms with Crippen LogP contribution in [0.2, 0.25) is 0 Å². The van der Waals surface area contributed by atoms with Crippen LogP contribution in [0.1, 0.15) is 67.2 Å². The van der Waals surface area contributed by atoms with E-state index in [1.807, 2.05) is 25.7 Å². The molecule has 1 N–H and O–H groups in total. The van der Waals surface area contributed by atoms with Gasteiger partial charge in [-0.15, -0.1) is 0 Å². The third-order valence-corrected chi connectivity index (χ3v) is 3.71. The molecule has 21 heavy (non-hydrogen) atoms. The molecular formula is C17H34N2O2. The number of hydrogen-bond donors (Lipinski definition) is 1. The first-order valence-corrected chi connectivity index (χ1v) is 8.29. The van der Waals surface area contributed by atoms with Crippen molar-refractivity contribution in [1.29, 1.82) is 0 Å². The first kappa shape index (κ1) is 18.3. The molecule has 4 heteroatoms. The average molecular weight is 298 g/mol. The van der Waals surface area contributed by atoms with Crippen LogP contribution in [0, 0.1) is 5.41 Å². The van der Waals surface area contributed by atoms with Crippen LogP contribution in [0.5, 0.6) is 0 Å². The minimum absolute atomic E-state index is 0.153. The van der Waals surface area contributed by atoms with Crippen LogP contribution in [0.4, 0.5) is 4.79 Å². The van der Waals surface area contributed by atoms with Gasteiger partial charge >= 0.3 is 6.09 Å². The standard InChI is InChI=1S/C17H34N2O2/c1-16(2,3)10-12-18-11-9-14-8-7-13-19(14)15(20)21-17(4,5)6/h14,18H,7-13H2,1-6H3. The van der Waals surface area contributed by atoms with E-state index in [1.54, 1.807) is 0 Å². The van der Waals surface area contributed by atoms with Crippen molar-refractivity contribution in [3.8, 4) is 0 Å². The Morgan fingerprint density at radius 1 is 1.19 bits per heavy atom. The van der Waals surface area contributed by atoms with E-state index in [4.69, 9.17) is 4.74 Å². The van der Waals surface area contributed by atoms with E-state index in [0.29, 0.717) is 11.5 Å². The van der Waals surface area contributed by atoms with Gasteiger partial charge < -0.3 is 15.0 Å². The summed E-state index contributed by atoms with van der Waals surface area (Å²) in [6, 6.07) is 0.335. The van der Waals surface area contributed by atoms with Gasteiger partial charge in [0.05, 0.1) is 0 Å². The van der Waals surface area contributed by atoms with Gasteiger partial charge in [-0.2, -0.15) is 0 Å². The highest BCUT2D eigenvalue weighted by Crippen LogP contribution is 2.23. The molecule has 1 saturated heterocycles. The predicted molar refractivity (Wildman–Crippen MR) is 87.5 cm³/mol. The molecule has 1 fully saturated rings. The van der Waals surface area contributed by atoms with Crippen LogP contribution in [-0.2, 0) is 4.74 Å². The number of rotatable bonds is 5. The maximum atomic E-state index is 12.2. The van der Waals surface area contributed by atoms with Gasteiger partial charge in [-0.1, -0.05) is 20.8 Å². The molecule has 0 aliphatic carbocycles. The molecule has 4 nitrogen and oxygen atoms in total. The van der Waals surface area contributed by atoms with E-state index < -0.39 is 5.60 Å². The third-order valence-electron chi connectivity index (χ3n) is 3.71. The Balaban J connectivity index is 2.29. The molecule has 0 aromatic carbocycles. The van der Waals surface area contributed by atoms with E-state index in [-0.39, 0.29) is 6.09 Å². The lowest BCUT2D eigenvalue weighted by molar-refractivity contribution is 0.0221. The lowest BCUT2D eigenvalue weighted by Crippen LogP contribution is -2.41. The summed E-state index contributed by atoms with van der Waals surface area (Å²) in [5, 5.41) is 3.50. The quantitative estimate of drug-likeness (QED) is 0.785. The molecular weight excluding hydrogens is 264 g/mol. The molecule has 1 aliphatic rings. The van der Waals surface area contributed by atoms with Gasteiger partial charge in [0.15, 0.2) is 0 Å². The van der Waals surface area contributed by atoms with Gasteiger partial charge in [0.1, 0.15) is 5.60 Å². The molecule has 1 unspecified atom stereocenters. The molecule has 0 radical (unpaired) electrons. The van der Waals surface area contributed by atoms with Crippen molar-refractivity contribution in [1.82, 2.24) is 10.2 Å². The van der Waals surface area contributed by atoms with Crippen LogP contribution in [0.3, 0.4) is 0 Å². The Morgan fingerprint density at radius 3 is 2.43 bits per heavy atom. The predicted octanol–water partition coefficient (Wildman–Crippen LogP) is 3.80. The number of nitrogens with one attached hydrogen (secondary N) is 1. The summed E-state index contributed by atoms with van der Waals surface area (Å²) in [5.41, 5.74) is -0.0297. The first-order valence-electron chi connectivity index (χ1n) is 8.29. The summed E-state index contributed by atoms with van der Waals surface area (Å²) in [4.78, 5) is 14.1. The van der Waals surface area contributed by atoms with Crippen molar-refractivity contribution >= 4 is 6.09 Å². The Labute approximate surface area is 130 Å². The maximum absolute atomic E-state index is 12.2. The smallest absolute Gasteiger partial charge is 0.410 e. The molecule has 124 valence electrons. The van der Waals surface area contributed by atoms with E-state index in [9.17, 15) is 4.79 Å². The zero-order valence-corrected chi connectivity index (χ0v) is 14.8. The van der Waals surface area contributed by atoms with Crippen LogP contribution < -0.4 is 5.32 Å². The molecule has 0 saturated carbocycles. The number of ether oxygens (including phenoxy) is 1. The zero-order chi connectivity index (χ0) is 16.1. The fraction of sp³-hybridized carbons (Fsp3) is 0.941. The molecule has 0 spiro atoms. The summed E-state index contributed by atoms with van der Waals surface area (Å²) in [7, 11) is 0. The summed E-state index contributed by atoms with van der Waals surface area (Å²) < 4.78 is 5.49. The van der Waals surface area contributed by atoms with Crippen LogP contribution in [-0.4, -0.2) is 42.3 Å². The molecule has 1 atom stereocenters. The minimum Gasteiger partial charge on any atom is -0.444 e. The number of nitrogens with zero attached hydrogens (tertiary/aromatic N) is 1. The fourth-order valence-electron chi connectivity index (χ4n) is 2.55. The number of carbonyl (C=O) groups excluding carboxylic acids is 1. The number of likely N-dealkylation sites (tertiary alicyclic amines) is 1. The zero-order valence-electron chi connectivity index (χ0n) is 14.8. The summed E-state index contributed by atoms with van der Waals surface area (Å²) >= 11 is 0. The Kier molecular flexibility index (Phi) is 6.51. The maximum Gasteiger partial charge on any atom is 0.410 e. The molecule has 0 bridgehead atoms. The van der Waals surface area contributed by atoms with Gasteiger partial charge in [-0.3, -0.25) is 0 Å². The molecule has 0 aromatic rings. The average Bonchev–Trinajstić information content (AvgIpc) is 2.73. The van der Waals surface area contributed by atoms with E-state index in [0.717, 1.165) is 38.9 Å². The monoisotopic (exact) mass is 298 g/mol. The van der Waals surface area contributed by atoms with Crippen LogP contribution in [0.15, 0.2) is 0 Å². The molecule has 1 amide bonds. The number of amides is 1. The Morgan fingerprint density at radius 2 is 1.86 bits per heavy atom. The molecule has 1 rings (SSSR count). The molecule has 1 heterocycles. The summed E-state index contributed by atoms with van der Waals surface area (Å²) in [5.74, 6) is 0.